The van der Waals surface area contributed by atoms with Crippen molar-refractivity contribution in [3.63, 3.8) is 0 Å². The van der Waals surface area contributed by atoms with Gasteiger partial charge in [0.1, 0.15) is 27.9 Å². The minimum Gasteiger partial charge on any atom is -0.496 e. The van der Waals surface area contributed by atoms with Crippen LogP contribution in [0.5, 0.6) is 5.75 Å². The zero-order chi connectivity index (χ0) is 35.5. The lowest BCUT2D eigenvalue weighted by molar-refractivity contribution is -0.204. The van der Waals surface area contributed by atoms with Crippen LogP contribution in [0.15, 0.2) is 47.4 Å². The number of carbonyl (C=O) groups is 3. The van der Waals surface area contributed by atoms with Crippen molar-refractivity contribution in [1.29, 1.82) is 0 Å². The summed E-state index contributed by atoms with van der Waals surface area (Å²) in [5.41, 5.74) is -2.66. The highest BCUT2D eigenvalue weighted by Crippen LogP contribution is 2.55. The second-order valence-electron chi connectivity index (χ2n) is 11.1. The number of halogens is 5. The second-order valence-corrected chi connectivity index (χ2v) is 13.6. The fourth-order valence-corrected chi connectivity index (χ4v) is 8.50. The molecule has 1 amide bonds. The van der Waals surface area contributed by atoms with Crippen LogP contribution in [0.2, 0.25) is 10.2 Å². The highest BCUT2D eigenvalue weighted by atomic mass is 35.5. The number of hydrogen-bond acceptors (Lipinski definition) is 11. The lowest BCUT2D eigenvalue weighted by atomic mass is 9.81. The van der Waals surface area contributed by atoms with Crippen molar-refractivity contribution < 1.29 is 50.3 Å². The van der Waals surface area contributed by atoms with E-state index in [1.807, 2.05) is 0 Å². The van der Waals surface area contributed by atoms with Crippen LogP contribution in [0.4, 0.5) is 18.9 Å². The molecule has 0 aliphatic carbocycles. The molecule has 19 heteroatoms. The van der Waals surface area contributed by atoms with Gasteiger partial charge in [-0.25, -0.2) is 22.3 Å². The number of anilines is 1. The molecule has 3 aromatic rings. The minimum atomic E-state index is -5.37. The molecule has 0 bridgehead atoms. The number of ether oxygens (including phenoxy) is 2. The molecule has 1 unspecified atom stereocenters. The molecule has 0 N–H and O–H groups in total. The van der Waals surface area contributed by atoms with Crippen molar-refractivity contribution in [3.05, 3.63) is 69.5 Å². The SMILES string of the molecule is COc1ccccc1C1(N2C[C@H](OC(=O)C(F)(F)F)C[C@H]2C(=O)ON(C)C)C(=O)N(S(=O)(=O)c2c(C)nn(C)c2Cl)c2ccc(Cl)cc21. The normalized spacial score (nSPS) is 21.5. The highest BCUT2D eigenvalue weighted by molar-refractivity contribution is 7.93. The van der Waals surface area contributed by atoms with Crippen LogP contribution in [0, 0.1) is 6.92 Å². The Morgan fingerprint density at radius 3 is 2.35 bits per heavy atom. The lowest BCUT2D eigenvalue weighted by Gasteiger charge is -2.41. The number of benzene rings is 2. The Morgan fingerprint density at radius 2 is 1.77 bits per heavy atom. The summed E-state index contributed by atoms with van der Waals surface area (Å²) >= 11 is 12.8. The molecule has 0 saturated carbocycles. The molecular formula is C29H28Cl2F3N5O8S. The third kappa shape index (κ3) is 5.66. The number of aromatic nitrogens is 2. The summed E-state index contributed by atoms with van der Waals surface area (Å²) in [7, 11) is 0.544. The summed E-state index contributed by atoms with van der Waals surface area (Å²) in [6, 6.07) is 8.32. The Balaban J connectivity index is 1.84. The summed E-state index contributed by atoms with van der Waals surface area (Å²) in [5.74, 6) is -4.70. The predicted octanol–water partition coefficient (Wildman–Crippen LogP) is 3.59. The topological polar surface area (TPSA) is 141 Å². The van der Waals surface area contributed by atoms with Crippen LogP contribution < -0.4 is 9.04 Å². The molecule has 2 aromatic carbocycles. The number of alkyl halides is 3. The number of carbonyl (C=O) groups excluding carboxylic acids is 3. The third-order valence-corrected chi connectivity index (χ3v) is 10.5. The average Bonchev–Trinajstić information content (AvgIpc) is 3.61. The number of aryl methyl sites for hydroxylation is 2. The van der Waals surface area contributed by atoms with Crippen LogP contribution in [0.3, 0.4) is 0 Å². The Labute approximate surface area is 282 Å². The van der Waals surface area contributed by atoms with Crippen molar-refractivity contribution in [1.82, 2.24) is 19.7 Å². The fraction of sp³-hybridized carbons (Fsp3) is 0.379. The number of hydrogen-bond donors (Lipinski definition) is 0. The maximum absolute atomic E-state index is 15.3. The zero-order valence-electron chi connectivity index (χ0n) is 25.9. The number of para-hydroxylation sites is 1. The summed E-state index contributed by atoms with van der Waals surface area (Å²) < 4.78 is 81.0. The Bertz CT molecular complexity index is 1920. The number of sulfonamides is 1. The number of fused-ring (bicyclic) bond motifs is 1. The first-order chi connectivity index (χ1) is 22.4. The summed E-state index contributed by atoms with van der Waals surface area (Å²) in [4.78, 5) is 46.8. The van der Waals surface area contributed by atoms with E-state index in [2.05, 4.69) is 5.10 Å². The first kappa shape index (κ1) is 35.4. The molecule has 2 aliphatic heterocycles. The van der Waals surface area contributed by atoms with Gasteiger partial charge in [-0.05, 0) is 31.2 Å². The van der Waals surface area contributed by atoms with E-state index in [0.717, 1.165) is 14.6 Å². The van der Waals surface area contributed by atoms with E-state index >= 15 is 4.79 Å². The van der Waals surface area contributed by atoms with Crippen molar-refractivity contribution in [3.8, 4) is 5.75 Å². The van der Waals surface area contributed by atoms with Crippen molar-refractivity contribution in [2.24, 2.45) is 7.05 Å². The molecule has 1 saturated heterocycles. The van der Waals surface area contributed by atoms with Gasteiger partial charge < -0.3 is 14.3 Å². The molecular weight excluding hydrogens is 706 g/mol. The molecule has 3 heterocycles. The summed E-state index contributed by atoms with van der Waals surface area (Å²) in [6.45, 7) is 0.717. The van der Waals surface area contributed by atoms with Crippen LogP contribution in [0.25, 0.3) is 0 Å². The summed E-state index contributed by atoms with van der Waals surface area (Å²) in [5, 5.41) is 4.83. The van der Waals surface area contributed by atoms with Crippen molar-refractivity contribution in [2.45, 2.75) is 42.1 Å². The number of esters is 1. The first-order valence-corrected chi connectivity index (χ1v) is 16.2. The van der Waals surface area contributed by atoms with Gasteiger partial charge in [0, 0.05) is 50.3 Å². The molecule has 0 radical (unpaired) electrons. The quantitative estimate of drug-likeness (QED) is 0.248. The van der Waals surface area contributed by atoms with E-state index in [9.17, 15) is 31.2 Å². The van der Waals surface area contributed by atoms with E-state index in [-0.39, 0.29) is 38.4 Å². The van der Waals surface area contributed by atoms with Gasteiger partial charge in [0.05, 0.1) is 18.5 Å². The van der Waals surface area contributed by atoms with Gasteiger partial charge in [-0.1, -0.05) is 41.4 Å². The largest absolute Gasteiger partial charge is 0.496 e. The molecule has 48 heavy (non-hydrogen) atoms. The molecule has 2 aliphatic rings. The fourth-order valence-electron chi connectivity index (χ4n) is 6.15. The molecule has 5 rings (SSSR count). The molecule has 1 aromatic heterocycles. The second kappa shape index (κ2) is 12.5. The Kier molecular flexibility index (Phi) is 9.24. The number of likely N-dealkylation sites (tertiary alicyclic amines) is 1. The smallest absolute Gasteiger partial charge is 0.490 e. The third-order valence-electron chi connectivity index (χ3n) is 7.90. The van der Waals surface area contributed by atoms with Gasteiger partial charge in [0.15, 0.2) is 5.54 Å². The number of nitrogens with zero attached hydrogens (tertiary/aromatic N) is 5. The molecule has 1 fully saturated rings. The van der Waals surface area contributed by atoms with Gasteiger partial charge in [0.2, 0.25) is 0 Å². The van der Waals surface area contributed by atoms with E-state index in [0.29, 0.717) is 4.31 Å². The number of methoxy groups -OCH3 is 1. The Hall–Kier alpha value is -3.90. The van der Waals surface area contributed by atoms with Crippen molar-refractivity contribution >= 4 is 56.8 Å². The molecule has 258 valence electrons. The number of hydroxylamine groups is 2. The standard InChI is InChI=1S/C29H28Cl2F3N5O8S/c1-15-23(24(31)37(4)35-15)48(43,44)39-20-11-10-16(30)12-19(20)28(26(39)41,18-8-6-7-9-22(18)45-5)38-14-17(46-27(42)29(32,33)34)13-21(38)25(40)47-36(2)3/h6-12,17,21H,13-14H2,1-5H3/t17-,21+,28?/m1/s1. The van der Waals surface area contributed by atoms with Gasteiger partial charge in [-0.3, -0.25) is 14.4 Å². The predicted molar refractivity (Wildman–Crippen MR) is 164 cm³/mol. The van der Waals surface area contributed by atoms with E-state index in [4.69, 9.17) is 37.5 Å². The maximum atomic E-state index is 15.3. The number of amides is 1. The van der Waals surface area contributed by atoms with Crippen LogP contribution in [-0.2, 0) is 46.6 Å². The highest BCUT2D eigenvalue weighted by Gasteiger charge is 2.65. The van der Waals surface area contributed by atoms with Crippen LogP contribution >= 0.6 is 23.2 Å². The minimum absolute atomic E-state index is 0.00169. The first-order valence-electron chi connectivity index (χ1n) is 14.0. The van der Waals surface area contributed by atoms with Gasteiger partial charge in [0.25, 0.3) is 15.9 Å². The Morgan fingerprint density at radius 1 is 1.10 bits per heavy atom. The van der Waals surface area contributed by atoms with Gasteiger partial charge in [-0.15, -0.1) is 5.06 Å². The monoisotopic (exact) mass is 733 g/mol. The molecule has 13 nitrogen and oxygen atoms in total. The van der Waals surface area contributed by atoms with Crippen LogP contribution in [0.1, 0.15) is 23.2 Å². The zero-order valence-corrected chi connectivity index (χ0v) is 28.2. The molecule has 3 atom stereocenters. The number of rotatable bonds is 8. The lowest BCUT2D eigenvalue weighted by Crippen LogP contribution is -2.58. The summed E-state index contributed by atoms with van der Waals surface area (Å²) in [6.07, 6.45) is -7.54. The van der Waals surface area contributed by atoms with Gasteiger partial charge in [-0.2, -0.15) is 18.3 Å². The maximum Gasteiger partial charge on any atom is 0.490 e. The molecule has 0 spiro atoms. The van der Waals surface area contributed by atoms with E-state index in [1.54, 1.807) is 6.07 Å². The average molecular weight is 735 g/mol. The van der Waals surface area contributed by atoms with Crippen LogP contribution in [-0.4, -0.2) is 92.1 Å². The van der Waals surface area contributed by atoms with E-state index < -0.39 is 69.6 Å². The van der Waals surface area contributed by atoms with Gasteiger partial charge >= 0.3 is 18.1 Å². The van der Waals surface area contributed by atoms with Crippen molar-refractivity contribution in [2.75, 3.05) is 32.1 Å². The van der Waals surface area contributed by atoms with E-state index in [1.165, 1.54) is 71.6 Å².